The number of sulfonamides is 1. The lowest BCUT2D eigenvalue weighted by molar-refractivity contribution is 0.444. The Labute approximate surface area is 113 Å². The Morgan fingerprint density at radius 2 is 1.88 bits per heavy atom. The number of hydrogen-bond donors (Lipinski definition) is 0. The van der Waals surface area contributed by atoms with Crippen molar-refractivity contribution in [2.75, 3.05) is 24.6 Å². The van der Waals surface area contributed by atoms with Gasteiger partial charge in [-0.15, -0.1) is 11.3 Å². The number of thiophene rings is 1. The Morgan fingerprint density at radius 1 is 1.25 bits per heavy atom. The van der Waals surface area contributed by atoms with Gasteiger partial charge in [0.05, 0.1) is 4.34 Å². The minimum Gasteiger partial charge on any atom is -0.207 e. The lowest BCUT2D eigenvalue weighted by Crippen LogP contribution is -2.37. The van der Waals surface area contributed by atoms with Gasteiger partial charge in [0.2, 0.25) is 10.0 Å². The van der Waals surface area contributed by atoms with Crippen LogP contribution in [-0.4, -0.2) is 37.3 Å². The maximum Gasteiger partial charge on any atom is 0.245 e. The van der Waals surface area contributed by atoms with Crippen LogP contribution in [0.5, 0.6) is 0 Å². The molecule has 90 valence electrons. The minimum atomic E-state index is -3.46. The highest BCUT2D eigenvalue weighted by atomic mass is 35.5. The normalized spacial score (nSPS) is 18.9. The predicted molar refractivity (Wildman–Crippen MR) is 70.4 cm³/mol. The molecule has 1 aromatic rings. The molecule has 0 aromatic carbocycles. The van der Waals surface area contributed by atoms with Crippen LogP contribution in [0.1, 0.15) is 0 Å². The summed E-state index contributed by atoms with van der Waals surface area (Å²) in [5, 5.41) is 0. The van der Waals surface area contributed by atoms with Gasteiger partial charge in [-0.2, -0.15) is 16.1 Å². The van der Waals surface area contributed by atoms with Crippen molar-refractivity contribution < 1.29 is 8.42 Å². The fraction of sp³-hybridized carbons (Fsp3) is 0.500. The van der Waals surface area contributed by atoms with E-state index in [-0.39, 0.29) is 9.23 Å². The van der Waals surface area contributed by atoms with E-state index in [4.69, 9.17) is 23.2 Å². The highest BCUT2D eigenvalue weighted by molar-refractivity contribution is 7.99. The summed E-state index contributed by atoms with van der Waals surface area (Å²) in [6.45, 7) is 1.08. The lowest BCUT2D eigenvalue weighted by Gasteiger charge is -2.25. The molecule has 0 aliphatic carbocycles. The van der Waals surface area contributed by atoms with E-state index in [1.165, 1.54) is 10.4 Å². The first-order chi connectivity index (χ1) is 7.51. The summed E-state index contributed by atoms with van der Waals surface area (Å²) in [4.78, 5) is 0.135. The molecule has 2 rings (SSSR count). The zero-order valence-corrected chi connectivity index (χ0v) is 12.1. The molecule has 1 aliphatic heterocycles. The van der Waals surface area contributed by atoms with Gasteiger partial charge in [-0.1, -0.05) is 23.2 Å². The Morgan fingerprint density at radius 3 is 2.38 bits per heavy atom. The second kappa shape index (κ2) is 5.04. The van der Waals surface area contributed by atoms with E-state index in [2.05, 4.69) is 0 Å². The monoisotopic (exact) mass is 317 g/mol. The number of halogens is 2. The van der Waals surface area contributed by atoms with Crippen LogP contribution in [0.25, 0.3) is 0 Å². The van der Waals surface area contributed by atoms with Crippen molar-refractivity contribution in [3.05, 3.63) is 14.7 Å². The molecule has 1 aliphatic rings. The maximum absolute atomic E-state index is 12.2. The van der Waals surface area contributed by atoms with Gasteiger partial charge in [-0.3, -0.25) is 0 Å². The summed E-state index contributed by atoms with van der Waals surface area (Å²) in [5.74, 6) is 1.66. The van der Waals surface area contributed by atoms with Crippen LogP contribution in [0.15, 0.2) is 11.0 Å². The van der Waals surface area contributed by atoms with Gasteiger partial charge in [0.25, 0.3) is 0 Å². The van der Waals surface area contributed by atoms with Gasteiger partial charge in [0.1, 0.15) is 9.23 Å². The summed E-state index contributed by atoms with van der Waals surface area (Å²) >= 11 is 14.5. The van der Waals surface area contributed by atoms with Crippen LogP contribution in [0.3, 0.4) is 0 Å². The van der Waals surface area contributed by atoms with Gasteiger partial charge in [-0.25, -0.2) is 8.42 Å². The van der Waals surface area contributed by atoms with E-state index in [1.54, 1.807) is 11.8 Å². The minimum absolute atomic E-state index is 0.135. The van der Waals surface area contributed by atoms with Crippen molar-refractivity contribution >= 4 is 56.3 Å². The Kier molecular flexibility index (Phi) is 4.09. The molecule has 0 saturated carbocycles. The first-order valence-electron chi connectivity index (χ1n) is 4.54. The first kappa shape index (κ1) is 13.0. The SMILES string of the molecule is O=S(=O)(c1cc(Cl)sc1Cl)N1CCSCC1. The molecule has 3 nitrogen and oxygen atoms in total. The molecule has 16 heavy (non-hydrogen) atoms. The van der Waals surface area contributed by atoms with Gasteiger partial charge in [0.15, 0.2) is 0 Å². The smallest absolute Gasteiger partial charge is 0.207 e. The molecular formula is C8H9Cl2NO2S3. The molecule has 0 N–H and O–H groups in total. The van der Waals surface area contributed by atoms with Gasteiger partial charge >= 0.3 is 0 Å². The number of rotatable bonds is 2. The van der Waals surface area contributed by atoms with Crippen molar-refractivity contribution in [2.45, 2.75) is 4.90 Å². The molecule has 0 bridgehead atoms. The van der Waals surface area contributed by atoms with E-state index < -0.39 is 10.0 Å². The third-order valence-corrected chi connectivity index (χ3v) is 6.81. The lowest BCUT2D eigenvalue weighted by atomic mass is 10.6. The van der Waals surface area contributed by atoms with Crippen LogP contribution in [0, 0.1) is 0 Å². The summed E-state index contributed by atoms with van der Waals surface area (Å²) in [7, 11) is -3.46. The first-order valence-corrected chi connectivity index (χ1v) is 8.71. The Bertz CT molecular complexity index is 479. The molecule has 0 radical (unpaired) electrons. The second-order valence-electron chi connectivity index (χ2n) is 3.20. The molecule has 0 unspecified atom stereocenters. The summed E-state index contributed by atoms with van der Waals surface area (Å²) in [5.41, 5.74) is 0. The summed E-state index contributed by atoms with van der Waals surface area (Å²) in [6, 6.07) is 1.42. The number of hydrogen-bond acceptors (Lipinski definition) is 4. The second-order valence-corrected chi connectivity index (χ2v) is 8.62. The van der Waals surface area contributed by atoms with Crippen LogP contribution in [0.4, 0.5) is 0 Å². The highest BCUT2D eigenvalue weighted by Gasteiger charge is 2.29. The fourth-order valence-electron chi connectivity index (χ4n) is 1.43. The van der Waals surface area contributed by atoms with Gasteiger partial charge < -0.3 is 0 Å². The molecule has 8 heteroatoms. The van der Waals surface area contributed by atoms with Gasteiger partial charge in [-0.05, 0) is 6.07 Å². The molecule has 0 atom stereocenters. The topological polar surface area (TPSA) is 37.4 Å². The van der Waals surface area contributed by atoms with Crippen molar-refractivity contribution in [1.29, 1.82) is 0 Å². The third-order valence-electron chi connectivity index (χ3n) is 2.21. The molecular weight excluding hydrogens is 309 g/mol. The Hall–Kier alpha value is 0.540. The number of nitrogens with zero attached hydrogens (tertiary/aromatic N) is 1. The molecule has 1 aromatic heterocycles. The van der Waals surface area contributed by atoms with Crippen molar-refractivity contribution in [3.8, 4) is 0 Å². The quantitative estimate of drug-likeness (QED) is 0.841. The van der Waals surface area contributed by atoms with Crippen molar-refractivity contribution in [1.82, 2.24) is 4.31 Å². The van der Waals surface area contributed by atoms with Crippen LogP contribution < -0.4 is 0 Å². The average molecular weight is 318 g/mol. The number of thioether (sulfide) groups is 1. The standard InChI is InChI=1S/C8H9Cl2NO2S3/c9-7-5-6(8(10)15-7)16(12,13)11-1-3-14-4-2-11/h5H,1-4H2. The fourth-order valence-corrected chi connectivity index (χ4v) is 6.12. The third kappa shape index (κ3) is 2.52. The van der Waals surface area contributed by atoms with Crippen LogP contribution in [0.2, 0.25) is 8.67 Å². The van der Waals surface area contributed by atoms with Crippen LogP contribution in [-0.2, 0) is 10.0 Å². The van der Waals surface area contributed by atoms with E-state index in [1.807, 2.05) is 0 Å². The van der Waals surface area contributed by atoms with Gasteiger partial charge in [0, 0.05) is 24.6 Å². The van der Waals surface area contributed by atoms with Crippen molar-refractivity contribution in [2.24, 2.45) is 0 Å². The average Bonchev–Trinajstić information content (AvgIpc) is 2.60. The summed E-state index contributed by atoms with van der Waals surface area (Å²) < 4.78 is 26.5. The highest BCUT2D eigenvalue weighted by Crippen LogP contribution is 2.36. The van der Waals surface area contributed by atoms with Crippen LogP contribution >= 0.6 is 46.3 Å². The molecule has 1 fully saturated rings. The molecule has 0 spiro atoms. The maximum atomic E-state index is 12.2. The largest absolute Gasteiger partial charge is 0.245 e. The van der Waals surface area contributed by atoms with E-state index in [0.29, 0.717) is 17.4 Å². The van der Waals surface area contributed by atoms with E-state index >= 15 is 0 Å². The van der Waals surface area contributed by atoms with Crippen molar-refractivity contribution in [3.63, 3.8) is 0 Å². The predicted octanol–water partition coefficient (Wildman–Crippen LogP) is 2.79. The molecule has 2 heterocycles. The zero-order chi connectivity index (χ0) is 11.8. The van der Waals surface area contributed by atoms with E-state index in [0.717, 1.165) is 22.8 Å². The summed E-state index contributed by atoms with van der Waals surface area (Å²) in [6.07, 6.45) is 0. The zero-order valence-electron chi connectivity index (χ0n) is 8.15. The molecule has 1 saturated heterocycles. The molecule has 0 amide bonds. The Balaban J connectivity index is 2.34. The van der Waals surface area contributed by atoms with E-state index in [9.17, 15) is 8.42 Å².